The summed E-state index contributed by atoms with van der Waals surface area (Å²) in [6, 6.07) is 6.71. The van der Waals surface area contributed by atoms with Gasteiger partial charge in [-0.2, -0.15) is 0 Å². The molecule has 0 aliphatic rings. The van der Waals surface area contributed by atoms with Crippen molar-refractivity contribution < 1.29 is 19.1 Å². The molecule has 0 fully saturated rings. The van der Waals surface area contributed by atoms with Gasteiger partial charge in [0.25, 0.3) is 0 Å². The molecule has 0 aliphatic heterocycles. The van der Waals surface area contributed by atoms with Crippen LogP contribution in [0.1, 0.15) is 21.9 Å². The third-order valence-corrected chi connectivity index (χ3v) is 2.13. The highest BCUT2D eigenvalue weighted by Gasteiger charge is 2.08. The number of rotatable bonds is 5. The molecule has 2 heterocycles. The Labute approximate surface area is 97.7 Å². The third-order valence-electron chi connectivity index (χ3n) is 2.13. The van der Waals surface area contributed by atoms with Crippen LogP contribution in [0.4, 0.5) is 0 Å². The van der Waals surface area contributed by atoms with Gasteiger partial charge in [0.05, 0.1) is 6.61 Å². The van der Waals surface area contributed by atoms with E-state index in [0.29, 0.717) is 12.4 Å². The minimum absolute atomic E-state index is 0.0764. The second-order valence-electron chi connectivity index (χ2n) is 3.42. The number of hydrogen-bond donors (Lipinski definition) is 1. The lowest BCUT2D eigenvalue weighted by molar-refractivity contribution is 0.0641. The van der Waals surface area contributed by atoms with Gasteiger partial charge in [0.2, 0.25) is 5.76 Å². The maximum atomic E-state index is 10.6. The van der Waals surface area contributed by atoms with E-state index in [0.717, 1.165) is 5.56 Å². The molecule has 0 saturated heterocycles. The van der Waals surface area contributed by atoms with Crippen LogP contribution in [0.3, 0.4) is 0 Å². The lowest BCUT2D eigenvalue weighted by Crippen LogP contribution is -1.94. The molecule has 2 aromatic rings. The summed E-state index contributed by atoms with van der Waals surface area (Å²) in [5.74, 6) is -0.658. The van der Waals surface area contributed by atoms with Crippen LogP contribution in [0.5, 0.6) is 0 Å². The van der Waals surface area contributed by atoms with Crippen LogP contribution in [0.2, 0.25) is 0 Å². The monoisotopic (exact) mass is 233 g/mol. The van der Waals surface area contributed by atoms with Crippen molar-refractivity contribution in [2.24, 2.45) is 0 Å². The number of hydrogen-bond acceptors (Lipinski definition) is 4. The highest BCUT2D eigenvalue weighted by Crippen LogP contribution is 2.10. The molecule has 0 aliphatic carbocycles. The van der Waals surface area contributed by atoms with E-state index in [2.05, 4.69) is 4.98 Å². The van der Waals surface area contributed by atoms with Crippen LogP contribution in [0, 0.1) is 0 Å². The van der Waals surface area contributed by atoms with Gasteiger partial charge in [-0.3, -0.25) is 4.98 Å². The van der Waals surface area contributed by atoms with Gasteiger partial charge in [0.15, 0.2) is 0 Å². The van der Waals surface area contributed by atoms with Gasteiger partial charge in [-0.15, -0.1) is 0 Å². The summed E-state index contributed by atoms with van der Waals surface area (Å²) in [5.41, 5.74) is 1.00. The standard InChI is InChI=1S/C12H11NO4/c14-12(15)11-2-1-10(17-11)8-16-7-9-3-5-13-6-4-9/h1-6H,7-8H2,(H,14,15). The fourth-order valence-electron chi connectivity index (χ4n) is 1.32. The fourth-order valence-corrected chi connectivity index (χ4v) is 1.32. The van der Waals surface area contributed by atoms with Crippen LogP contribution < -0.4 is 0 Å². The van der Waals surface area contributed by atoms with E-state index in [1.807, 2.05) is 12.1 Å². The first-order chi connectivity index (χ1) is 8.25. The van der Waals surface area contributed by atoms with E-state index in [4.69, 9.17) is 14.3 Å². The first-order valence-corrected chi connectivity index (χ1v) is 5.04. The van der Waals surface area contributed by atoms with Crippen LogP contribution in [-0.4, -0.2) is 16.1 Å². The van der Waals surface area contributed by atoms with Gasteiger partial charge in [-0.25, -0.2) is 4.79 Å². The number of pyridine rings is 1. The van der Waals surface area contributed by atoms with Gasteiger partial charge in [0.1, 0.15) is 12.4 Å². The van der Waals surface area contributed by atoms with Crippen molar-refractivity contribution in [2.75, 3.05) is 0 Å². The Kier molecular flexibility index (Phi) is 3.52. The number of carbonyl (C=O) groups is 1. The highest BCUT2D eigenvalue weighted by molar-refractivity contribution is 5.84. The Morgan fingerprint density at radius 2 is 2.00 bits per heavy atom. The minimum atomic E-state index is -1.08. The summed E-state index contributed by atoms with van der Waals surface area (Å²) in [7, 11) is 0. The average molecular weight is 233 g/mol. The van der Waals surface area contributed by atoms with Crippen molar-refractivity contribution in [3.05, 3.63) is 53.7 Å². The van der Waals surface area contributed by atoms with Gasteiger partial charge < -0.3 is 14.3 Å². The molecule has 0 amide bonds. The Morgan fingerprint density at radius 1 is 1.24 bits per heavy atom. The Hall–Kier alpha value is -2.14. The maximum absolute atomic E-state index is 10.6. The van der Waals surface area contributed by atoms with E-state index < -0.39 is 5.97 Å². The summed E-state index contributed by atoms with van der Waals surface area (Å²) in [5, 5.41) is 8.66. The molecule has 5 nitrogen and oxygen atoms in total. The van der Waals surface area contributed by atoms with Crippen molar-refractivity contribution in [3.8, 4) is 0 Å². The van der Waals surface area contributed by atoms with Gasteiger partial charge in [-0.1, -0.05) is 0 Å². The lowest BCUT2D eigenvalue weighted by atomic mass is 10.3. The number of aromatic carboxylic acids is 1. The minimum Gasteiger partial charge on any atom is -0.475 e. The zero-order chi connectivity index (χ0) is 12.1. The van der Waals surface area contributed by atoms with Gasteiger partial charge in [0, 0.05) is 12.4 Å². The number of carboxylic acid groups (broad SMARTS) is 1. The van der Waals surface area contributed by atoms with Gasteiger partial charge >= 0.3 is 5.97 Å². The summed E-state index contributed by atoms with van der Waals surface area (Å²) < 4.78 is 10.4. The van der Waals surface area contributed by atoms with E-state index in [1.54, 1.807) is 18.5 Å². The number of aromatic nitrogens is 1. The summed E-state index contributed by atoms with van der Waals surface area (Å²) in [4.78, 5) is 14.5. The van der Waals surface area contributed by atoms with Crippen LogP contribution >= 0.6 is 0 Å². The lowest BCUT2D eigenvalue weighted by Gasteiger charge is -2.01. The van der Waals surface area contributed by atoms with E-state index >= 15 is 0 Å². The van der Waals surface area contributed by atoms with Crippen molar-refractivity contribution in [2.45, 2.75) is 13.2 Å². The van der Waals surface area contributed by atoms with Crippen molar-refractivity contribution in [1.29, 1.82) is 0 Å². The smallest absolute Gasteiger partial charge is 0.371 e. The summed E-state index contributed by atoms with van der Waals surface area (Å²) >= 11 is 0. The van der Waals surface area contributed by atoms with Crippen LogP contribution in [0.15, 0.2) is 41.1 Å². The normalized spacial score (nSPS) is 10.4. The predicted molar refractivity (Wildman–Crippen MR) is 58.4 cm³/mol. The van der Waals surface area contributed by atoms with Crippen LogP contribution in [0.25, 0.3) is 0 Å². The molecule has 0 saturated carbocycles. The number of furan rings is 1. The first-order valence-electron chi connectivity index (χ1n) is 5.04. The number of nitrogens with zero attached hydrogens (tertiary/aromatic N) is 1. The average Bonchev–Trinajstić information content (AvgIpc) is 2.79. The quantitative estimate of drug-likeness (QED) is 0.856. The van der Waals surface area contributed by atoms with E-state index in [9.17, 15) is 4.79 Å². The second-order valence-corrected chi connectivity index (χ2v) is 3.42. The molecular weight excluding hydrogens is 222 g/mol. The zero-order valence-corrected chi connectivity index (χ0v) is 9.00. The summed E-state index contributed by atoms with van der Waals surface area (Å²) in [6.07, 6.45) is 3.38. The number of ether oxygens (including phenoxy) is 1. The molecule has 0 spiro atoms. The molecule has 0 unspecified atom stereocenters. The van der Waals surface area contributed by atoms with Crippen molar-refractivity contribution >= 4 is 5.97 Å². The molecule has 88 valence electrons. The first kappa shape index (κ1) is 11.3. The highest BCUT2D eigenvalue weighted by atomic mass is 16.5. The van der Waals surface area contributed by atoms with Crippen LogP contribution in [-0.2, 0) is 18.0 Å². The Balaban J connectivity index is 1.84. The third kappa shape index (κ3) is 3.15. The predicted octanol–water partition coefficient (Wildman–Crippen LogP) is 2.09. The molecule has 2 rings (SSSR count). The Morgan fingerprint density at radius 3 is 2.65 bits per heavy atom. The molecule has 0 bridgehead atoms. The molecule has 0 atom stereocenters. The summed E-state index contributed by atoms with van der Waals surface area (Å²) in [6.45, 7) is 0.682. The molecule has 0 aromatic carbocycles. The molecule has 17 heavy (non-hydrogen) atoms. The topological polar surface area (TPSA) is 72.6 Å². The second kappa shape index (κ2) is 5.27. The molecular formula is C12H11NO4. The maximum Gasteiger partial charge on any atom is 0.371 e. The largest absolute Gasteiger partial charge is 0.475 e. The zero-order valence-electron chi connectivity index (χ0n) is 9.00. The van der Waals surface area contributed by atoms with Crippen molar-refractivity contribution in [3.63, 3.8) is 0 Å². The van der Waals surface area contributed by atoms with E-state index in [1.165, 1.54) is 6.07 Å². The molecule has 0 radical (unpaired) electrons. The number of carboxylic acids is 1. The Bertz CT molecular complexity index is 492. The van der Waals surface area contributed by atoms with Gasteiger partial charge in [-0.05, 0) is 29.8 Å². The fraction of sp³-hybridized carbons (Fsp3) is 0.167. The molecule has 2 aromatic heterocycles. The van der Waals surface area contributed by atoms with Crippen molar-refractivity contribution in [1.82, 2.24) is 4.98 Å². The molecule has 1 N–H and O–H groups in total. The molecule has 5 heteroatoms. The van der Waals surface area contributed by atoms with E-state index in [-0.39, 0.29) is 12.4 Å². The SMILES string of the molecule is O=C(O)c1ccc(COCc2ccncc2)o1.